The van der Waals surface area contributed by atoms with E-state index in [1.807, 2.05) is 30.3 Å². The molecule has 3 aromatic carbocycles. The lowest BCUT2D eigenvalue weighted by Gasteiger charge is -2.26. The number of hydrogen-bond acceptors (Lipinski definition) is 10. The fraction of sp³-hybridized carbons (Fsp3) is 0.194. The van der Waals surface area contributed by atoms with Crippen molar-refractivity contribution in [3.63, 3.8) is 0 Å². The van der Waals surface area contributed by atoms with E-state index in [0.717, 1.165) is 0 Å². The molecule has 42 heavy (non-hydrogen) atoms. The first-order chi connectivity index (χ1) is 20.4. The molecule has 0 aliphatic carbocycles. The van der Waals surface area contributed by atoms with Crippen molar-refractivity contribution in [1.29, 1.82) is 0 Å². The molecule has 1 N–H and O–H groups in total. The largest absolute Gasteiger partial charge is 0.502 e. The predicted molar refractivity (Wildman–Crippen MR) is 155 cm³/mol. The number of benzene rings is 3. The van der Waals surface area contributed by atoms with Crippen molar-refractivity contribution >= 4 is 29.1 Å². The van der Waals surface area contributed by atoms with E-state index in [1.165, 1.54) is 30.1 Å². The van der Waals surface area contributed by atoms with Crippen molar-refractivity contribution in [2.24, 2.45) is 4.99 Å². The van der Waals surface area contributed by atoms with Gasteiger partial charge in [0.2, 0.25) is 12.5 Å². The zero-order valence-electron chi connectivity index (χ0n) is 23.0. The maximum atomic E-state index is 14.1. The first kappa shape index (κ1) is 27.2. The van der Waals surface area contributed by atoms with Crippen molar-refractivity contribution in [3.8, 4) is 28.7 Å². The maximum absolute atomic E-state index is 14.1. The van der Waals surface area contributed by atoms with Gasteiger partial charge in [0.05, 0.1) is 42.7 Å². The molecule has 0 saturated heterocycles. The average Bonchev–Trinajstić information content (AvgIpc) is 3.61. The van der Waals surface area contributed by atoms with Crippen molar-refractivity contribution in [3.05, 3.63) is 103 Å². The molecule has 1 unspecified atom stereocenters. The molecule has 1 atom stereocenters. The summed E-state index contributed by atoms with van der Waals surface area (Å²) in [6.07, 6.45) is 1.67. The number of ether oxygens (including phenoxy) is 5. The van der Waals surface area contributed by atoms with Gasteiger partial charge in [-0.25, -0.2) is 9.79 Å². The summed E-state index contributed by atoms with van der Waals surface area (Å²) in [5, 5.41) is 10.3. The Labute approximate surface area is 244 Å². The third-order valence-electron chi connectivity index (χ3n) is 6.89. The number of aromatic nitrogens is 1. The molecule has 1 aromatic heterocycles. The van der Waals surface area contributed by atoms with Gasteiger partial charge in [-0.2, -0.15) is 0 Å². The zero-order chi connectivity index (χ0) is 29.4. The second-order valence-corrected chi connectivity index (χ2v) is 10.3. The Kier molecular flexibility index (Phi) is 7.17. The molecule has 6 rings (SSSR count). The number of carbonyl (C=O) groups is 1. The van der Waals surface area contributed by atoms with Gasteiger partial charge in [-0.05, 0) is 48.4 Å². The Morgan fingerprint density at radius 3 is 2.48 bits per heavy atom. The van der Waals surface area contributed by atoms with Gasteiger partial charge in [0, 0.05) is 5.56 Å². The van der Waals surface area contributed by atoms with Crippen LogP contribution in [0, 0.1) is 0 Å². The number of methoxy groups -OCH3 is 2. The molecule has 0 spiro atoms. The summed E-state index contributed by atoms with van der Waals surface area (Å²) in [6.45, 7) is 1.95. The minimum absolute atomic E-state index is 0.0803. The molecule has 0 bridgehead atoms. The highest BCUT2D eigenvalue weighted by Gasteiger charge is 2.36. The Hall–Kier alpha value is -5.03. The highest BCUT2D eigenvalue weighted by atomic mass is 32.1. The van der Waals surface area contributed by atoms with Crippen molar-refractivity contribution in [2.75, 3.05) is 27.6 Å². The molecule has 10 nitrogen and oxygen atoms in total. The SMILES string of the molecule is CCOC(=O)C1=C(c2ccccc2)N=c2sc(=Cc3cc(OC)c(O)c(OC)c3)c(=O)n2C1c1ccc2c(c1)OCO2. The van der Waals surface area contributed by atoms with Crippen molar-refractivity contribution < 1.29 is 33.6 Å². The van der Waals surface area contributed by atoms with Crippen LogP contribution in [-0.4, -0.2) is 43.3 Å². The van der Waals surface area contributed by atoms with Crippen LogP contribution in [0.25, 0.3) is 11.8 Å². The average molecular weight is 587 g/mol. The third-order valence-corrected chi connectivity index (χ3v) is 7.87. The van der Waals surface area contributed by atoms with Crippen LogP contribution in [-0.2, 0) is 9.53 Å². The lowest BCUT2D eigenvalue weighted by molar-refractivity contribution is -0.138. The molecule has 2 aliphatic heterocycles. The highest BCUT2D eigenvalue weighted by Crippen LogP contribution is 2.40. The Balaban J connectivity index is 1.63. The van der Waals surface area contributed by atoms with E-state index < -0.39 is 12.0 Å². The van der Waals surface area contributed by atoms with Gasteiger partial charge in [0.15, 0.2) is 27.8 Å². The van der Waals surface area contributed by atoms with Gasteiger partial charge in [-0.3, -0.25) is 9.36 Å². The minimum Gasteiger partial charge on any atom is -0.502 e. The summed E-state index contributed by atoms with van der Waals surface area (Å²) >= 11 is 1.18. The standard InChI is InChI=1S/C31H26N2O8S/c1-4-39-30(36)25-26(18-8-6-5-7-9-18)32-31-33(27(25)19-10-11-20-21(15-19)41-16-40-20)29(35)24(42-31)14-17-12-22(37-2)28(34)23(13-17)38-3/h5-15,27,34H,4,16H2,1-3H3. The van der Waals surface area contributed by atoms with Crippen molar-refractivity contribution in [2.45, 2.75) is 13.0 Å². The first-order valence-electron chi connectivity index (χ1n) is 13.1. The summed E-state index contributed by atoms with van der Waals surface area (Å²) in [4.78, 5) is 33.0. The van der Waals surface area contributed by atoms with Crippen LogP contribution in [0.2, 0.25) is 0 Å². The van der Waals surface area contributed by atoms with E-state index in [2.05, 4.69) is 0 Å². The van der Waals surface area contributed by atoms with Crippen LogP contribution < -0.4 is 33.8 Å². The molecule has 11 heteroatoms. The number of nitrogens with zero attached hydrogens (tertiary/aromatic N) is 2. The fourth-order valence-electron chi connectivity index (χ4n) is 4.99. The van der Waals surface area contributed by atoms with E-state index in [0.29, 0.717) is 43.2 Å². The molecule has 0 saturated carbocycles. The van der Waals surface area contributed by atoms with Gasteiger partial charge in [0.1, 0.15) is 0 Å². The lowest BCUT2D eigenvalue weighted by Crippen LogP contribution is -2.40. The number of hydrogen-bond donors (Lipinski definition) is 1. The third kappa shape index (κ3) is 4.67. The number of aromatic hydroxyl groups is 1. The van der Waals surface area contributed by atoms with Gasteiger partial charge in [-0.15, -0.1) is 0 Å². The van der Waals surface area contributed by atoms with E-state index >= 15 is 0 Å². The molecule has 0 amide bonds. The van der Waals surface area contributed by atoms with Gasteiger partial charge >= 0.3 is 5.97 Å². The summed E-state index contributed by atoms with van der Waals surface area (Å²) in [5.74, 6) is 0.758. The molecule has 0 radical (unpaired) electrons. The van der Waals surface area contributed by atoms with E-state index in [4.69, 9.17) is 28.7 Å². The number of rotatable bonds is 7. The normalized spacial score (nSPS) is 15.7. The molecule has 4 aromatic rings. The summed E-state index contributed by atoms with van der Waals surface area (Å²) < 4.78 is 29.1. The monoisotopic (exact) mass is 586 g/mol. The maximum Gasteiger partial charge on any atom is 0.338 e. The van der Waals surface area contributed by atoms with Crippen LogP contribution in [0.15, 0.2) is 76.0 Å². The Bertz CT molecular complexity index is 1880. The van der Waals surface area contributed by atoms with E-state index in [-0.39, 0.29) is 41.8 Å². The van der Waals surface area contributed by atoms with E-state index in [9.17, 15) is 14.7 Å². The van der Waals surface area contributed by atoms with Crippen LogP contribution in [0.1, 0.15) is 29.7 Å². The molecular formula is C31H26N2O8S. The first-order valence-corrected chi connectivity index (χ1v) is 13.9. The molecule has 3 heterocycles. The topological polar surface area (TPSA) is 118 Å². The van der Waals surface area contributed by atoms with Gasteiger partial charge in [-0.1, -0.05) is 47.7 Å². The van der Waals surface area contributed by atoms with Crippen molar-refractivity contribution in [1.82, 2.24) is 4.57 Å². The number of carbonyl (C=O) groups excluding carboxylic acids is 1. The summed E-state index contributed by atoms with van der Waals surface area (Å²) in [5.41, 5.74) is 2.19. The van der Waals surface area contributed by atoms with Crippen LogP contribution in [0.4, 0.5) is 0 Å². The van der Waals surface area contributed by atoms with Crippen LogP contribution >= 0.6 is 11.3 Å². The fourth-order valence-corrected chi connectivity index (χ4v) is 5.99. The number of thiazole rings is 1. The van der Waals surface area contributed by atoms with E-state index in [1.54, 1.807) is 43.3 Å². The van der Waals surface area contributed by atoms with Gasteiger partial charge < -0.3 is 28.8 Å². The highest BCUT2D eigenvalue weighted by molar-refractivity contribution is 7.07. The number of phenolic OH excluding ortho intramolecular Hbond substituents is 1. The number of phenols is 1. The second kappa shape index (κ2) is 11.1. The van der Waals surface area contributed by atoms with Gasteiger partial charge in [0.25, 0.3) is 5.56 Å². The minimum atomic E-state index is -0.865. The molecule has 214 valence electrons. The van der Waals surface area contributed by atoms with Crippen LogP contribution in [0.5, 0.6) is 28.7 Å². The summed E-state index contributed by atoms with van der Waals surface area (Å²) in [7, 11) is 2.86. The quantitative estimate of drug-likeness (QED) is 0.328. The lowest BCUT2D eigenvalue weighted by atomic mass is 9.93. The molecule has 2 aliphatic rings. The number of esters is 1. The Morgan fingerprint density at radius 1 is 1.07 bits per heavy atom. The summed E-state index contributed by atoms with van der Waals surface area (Å²) in [6, 6.07) is 17.0. The second-order valence-electron chi connectivity index (χ2n) is 9.32. The molecular weight excluding hydrogens is 560 g/mol. The Morgan fingerprint density at radius 2 is 1.79 bits per heavy atom. The molecule has 0 fully saturated rings. The smallest absolute Gasteiger partial charge is 0.338 e. The predicted octanol–water partition coefficient (Wildman–Crippen LogP) is 3.39. The van der Waals surface area contributed by atoms with Crippen LogP contribution in [0.3, 0.4) is 0 Å². The zero-order valence-corrected chi connectivity index (χ0v) is 23.8. The number of fused-ring (bicyclic) bond motifs is 2.